The van der Waals surface area contributed by atoms with Crippen molar-refractivity contribution in [2.75, 3.05) is 4.90 Å². The summed E-state index contributed by atoms with van der Waals surface area (Å²) in [5.74, 6) is 5.76. The van der Waals surface area contributed by atoms with Gasteiger partial charge in [0.1, 0.15) is 6.17 Å². The predicted octanol–water partition coefficient (Wildman–Crippen LogP) is 1.81. The number of anilines is 1. The Morgan fingerprint density at radius 2 is 1.93 bits per heavy atom. The Labute approximate surface area is 84.4 Å². The van der Waals surface area contributed by atoms with Gasteiger partial charge in [-0.2, -0.15) is 0 Å². The molecule has 1 heterocycles. The van der Waals surface area contributed by atoms with E-state index >= 15 is 0 Å². The van der Waals surface area contributed by atoms with Crippen LogP contribution in [0, 0.1) is 6.92 Å². The molecule has 0 aromatic heterocycles. The molecule has 14 heavy (non-hydrogen) atoms. The third kappa shape index (κ3) is 1.36. The summed E-state index contributed by atoms with van der Waals surface area (Å²) < 4.78 is 0. The van der Waals surface area contributed by atoms with Gasteiger partial charge in [0.15, 0.2) is 0 Å². The zero-order valence-corrected chi connectivity index (χ0v) is 8.51. The van der Waals surface area contributed by atoms with Crippen molar-refractivity contribution in [2.45, 2.75) is 20.0 Å². The number of hydrogen-bond donors (Lipinski definition) is 1. The minimum atomic E-state index is 0.191. The number of nitrogens with two attached hydrogens (primary N) is 1. The SMILES string of the molecule is Cc1ccccc1N1C=CN(N)C1C. The lowest BCUT2D eigenvalue weighted by atomic mass is 10.2. The van der Waals surface area contributed by atoms with E-state index in [1.54, 1.807) is 5.01 Å². The van der Waals surface area contributed by atoms with Crippen LogP contribution in [0.5, 0.6) is 0 Å². The molecule has 0 bridgehead atoms. The molecule has 1 atom stereocenters. The molecule has 0 fully saturated rings. The minimum Gasteiger partial charge on any atom is -0.324 e. The largest absolute Gasteiger partial charge is 0.324 e. The lowest BCUT2D eigenvalue weighted by Gasteiger charge is -2.27. The summed E-state index contributed by atoms with van der Waals surface area (Å²) in [7, 11) is 0. The van der Waals surface area contributed by atoms with E-state index in [4.69, 9.17) is 5.84 Å². The fourth-order valence-electron chi connectivity index (χ4n) is 1.68. The second kappa shape index (κ2) is 3.35. The molecule has 1 unspecified atom stereocenters. The van der Waals surface area contributed by atoms with Gasteiger partial charge in [-0.05, 0) is 25.5 Å². The Kier molecular flexibility index (Phi) is 2.17. The van der Waals surface area contributed by atoms with Crippen molar-refractivity contribution in [3.8, 4) is 0 Å². The molecule has 74 valence electrons. The van der Waals surface area contributed by atoms with Crippen molar-refractivity contribution >= 4 is 5.69 Å². The van der Waals surface area contributed by atoms with Gasteiger partial charge in [0.2, 0.25) is 0 Å². The number of nitrogens with zero attached hydrogens (tertiary/aromatic N) is 2. The lowest BCUT2D eigenvalue weighted by Crippen LogP contribution is -2.40. The number of aryl methyl sites for hydroxylation is 1. The van der Waals surface area contributed by atoms with E-state index in [0.29, 0.717) is 0 Å². The molecule has 3 heteroatoms. The zero-order valence-electron chi connectivity index (χ0n) is 8.51. The molecule has 0 radical (unpaired) electrons. The maximum absolute atomic E-state index is 5.76. The molecule has 2 N–H and O–H groups in total. The fourth-order valence-corrected chi connectivity index (χ4v) is 1.68. The molecule has 1 aromatic rings. The van der Waals surface area contributed by atoms with E-state index in [1.165, 1.54) is 11.3 Å². The third-order valence-electron chi connectivity index (χ3n) is 2.63. The van der Waals surface area contributed by atoms with Gasteiger partial charge in [0.25, 0.3) is 0 Å². The van der Waals surface area contributed by atoms with Crippen molar-refractivity contribution in [3.05, 3.63) is 42.2 Å². The Morgan fingerprint density at radius 3 is 2.50 bits per heavy atom. The minimum absolute atomic E-state index is 0.191. The highest BCUT2D eigenvalue weighted by Gasteiger charge is 2.21. The molecule has 0 saturated carbocycles. The van der Waals surface area contributed by atoms with E-state index in [9.17, 15) is 0 Å². The van der Waals surface area contributed by atoms with Gasteiger partial charge < -0.3 is 4.90 Å². The third-order valence-corrected chi connectivity index (χ3v) is 2.63. The number of hydrogen-bond acceptors (Lipinski definition) is 3. The highest BCUT2D eigenvalue weighted by atomic mass is 15.5. The van der Waals surface area contributed by atoms with Gasteiger partial charge in [0, 0.05) is 18.1 Å². The van der Waals surface area contributed by atoms with Gasteiger partial charge in [-0.3, -0.25) is 5.01 Å². The maximum atomic E-state index is 5.76. The van der Waals surface area contributed by atoms with Crippen LogP contribution in [0.25, 0.3) is 0 Å². The first-order chi connectivity index (χ1) is 6.70. The molecule has 2 rings (SSSR count). The normalized spacial score (nSPS) is 20.6. The van der Waals surface area contributed by atoms with Crippen LogP contribution in [0.1, 0.15) is 12.5 Å². The molecule has 1 aromatic carbocycles. The van der Waals surface area contributed by atoms with E-state index in [-0.39, 0.29) is 6.17 Å². The molecule has 0 spiro atoms. The number of benzene rings is 1. The molecule has 0 amide bonds. The van der Waals surface area contributed by atoms with Crippen molar-refractivity contribution in [3.63, 3.8) is 0 Å². The molecule has 0 saturated heterocycles. The molecular formula is C11H15N3. The van der Waals surface area contributed by atoms with E-state index < -0.39 is 0 Å². The van der Waals surface area contributed by atoms with Gasteiger partial charge in [-0.25, -0.2) is 5.84 Å². The first kappa shape index (κ1) is 9.09. The zero-order chi connectivity index (χ0) is 10.1. The first-order valence-corrected chi connectivity index (χ1v) is 4.75. The Hall–Kier alpha value is -1.48. The second-order valence-corrected chi connectivity index (χ2v) is 3.57. The van der Waals surface area contributed by atoms with Crippen LogP contribution in [0.4, 0.5) is 5.69 Å². The van der Waals surface area contributed by atoms with Crippen LogP contribution in [0.15, 0.2) is 36.7 Å². The summed E-state index contributed by atoms with van der Waals surface area (Å²) in [5, 5.41) is 1.70. The standard InChI is InChI=1S/C11H15N3/c1-9-5-3-4-6-11(9)13-7-8-14(12)10(13)2/h3-8,10H,12H2,1-2H3. The Balaban J connectivity index is 2.33. The summed E-state index contributed by atoms with van der Waals surface area (Å²) in [4.78, 5) is 2.16. The Morgan fingerprint density at radius 1 is 1.21 bits per heavy atom. The van der Waals surface area contributed by atoms with E-state index in [2.05, 4.69) is 30.9 Å². The van der Waals surface area contributed by atoms with Crippen molar-refractivity contribution < 1.29 is 0 Å². The van der Waals surface area contributed by atoms with Gasteiger partial charge in [-0.1, -0.05) is 18.2 Å². The van der Waals surface area contributed by atoms with E-state index in [0.717, 1.165) is 0 Å². The molecule has 1 aliphatic heterocycles. The lowest BCUT2D eigenvalue weighted by molar-refractivity contribution is 0.331. The fraction of sp³-hybridized carbons (Fsp3) is 0.273. The molecule has 0 aliphatic carbocycles. The molecule has 1 aliphatic rings. The predicted molar refractivity (Wildman–Crippen MR) is 58.3 cm³/mol. The van der Waals surface area contributed by atoms with Gasteiger partial charge in [0.05, 0.1) is 0 Å². The monoisotopic (exact) mass is 189 g/mol. The second-order valence-electron chi connectivity index (χ2n) is 3.57. The average molecular weight is 189 g/mol. The van der Waals surface area contributed by atoms with Crippen LogP contribution >= 0.6 is 0 Å². The summed E-state index contributed by atoms with van der Waals surface area (Å²) in [6, 6.07) is 8.30. The summed E-state index contributed by atoms with van der Waals surface area (Å²) in [5.41, 5.74) is 2.48. The highest BCUT2D eigenvalue weighted by Crippen LogP contribution is 2.25. The topological polar surface area (TPSA) is 32.5 Å². The highest BCUT2D eigenvalue weighted by molar-refractivity contribution is 5.56. The van der Waals surface area contributed by atoms with Crippen LogP contribution in [0.2, 0.25) is 0 Å². The van der Waals surface area contributed by atoms with Gasteiger partial charge in [-0.15, -0.1) is 0 Å². The van der Waals surface area contributed by atoms with Crippen LogP contribution in [-0.4, -0.2) is 11.2 Å². The average Bonchev–Trinajstić information content (AvgIpc) is 2.49. The van der Waals surface area contributed by atoms with Crippen LogP contribution in [-0.2, 0) is 0 Å². The van der Waals surface area contributed by atoms with Crippen molar-refractivity contribution in [1.82, 2.24) is 5.01 Å². The smallest absolute Gasteiger partial charge is 0.117 e. The van der Waals surface area contributed by atoms with Crippen molar-refractivity contribution in [1.29, 1.82) is 0 Å². The molecule has 3 nitrogen and oxygen atoms in total. The van der Waals surface area contributed by atoms with Crippen LogP contribution in [0.3, 0.4) is 0 Å². The van der Waals surface area contributed by atoms with E-state index in [1.807, 2.05) is 24.5 Å². The number of rotatable bonds is 1. The van der Waals surface area contributed by atoms with Crippen LogP contribution < -0.4 is 10.7 Å². The van der Waals surface area contributed by atoms with Gasteiger partial charge >= 0.3 is 0 Å². The number of hydrazine groups is 1. The quantitative estimate of drug-likeness (QED) is 0.684. The maximum Gasteiger partial charge on any atom is 0.117 e. The van der Waals surface area contributed by atoms with Crippen molar-refractivity contribution in [2.24, 2.45) is 5.84 Å². The summed E-state index contributed by atoms with van der Waals surface area (Å²) in [6.45, 7) is 4.18. The summed E-state index contributed by atoms with van der Waals surface area (Å²) in [6.07, 6.45) is 4.08. The summed E-state index contributed by atoms with van der Waals surface area (Å²) >= 11 is 0. The first-order valence-electron chi connectivity index (χ1n) is 4.75. The molecular weight excluding hydrogens is 174 g/mol. The Bertz CT molecular complexity index is 359. The number of para-hydroxylation sites is 1.